The second-order valence-electron chi connectivity index (χ2n) is 9.84. The number of hydrogen-bond donors (Lipinski definition) is 1. The molecule has 0 saturated carbocycles. The minimum atomic E-state index is -0.384. The summed E-state index contributed by atoms with van der Waals surface area (Å²) in [5.74, 6) is 0.616. The molecule has 0 unspecified atom stereocenters. The maximum atomic E-state index is 15.0. The van der Waals surface area contributed by atoms with Gasteiger partial charge in [0, 0.05) is 44.8 Å². The van der Waals surface area contributed by atoms with Crippen molar-refractivity contribution in [1.29, 1.82) is 0 Å². The molecule has 0 spiro atoms. The number of halogens is 1. The number of carbonyl (C=O) groups is 1. The molecular formula is C28H31FN8O2. The van der Waals surface area contributed by atoms with Gasteiger partial charge in [-0.05, 0) is 17.7 Å². The van der Waals surface area contributed by atoms with E-state index in [9.17, 15) is 9.18 Å². The smallest absolute Gasteiger partial charge is 0.236 e. The molecule has 4 heterocycles. The summed E-state index contributed by atoms with van der Waals surface area (Å²) in [7, 11) is 0. The molecule has 11 heteroatoms. The molecule has 2 saturated heterocycles. The van der Waals surface area contributed by atoms with Crippen molar-refractivity contribution >= 4 is 28.7 Å². The van der Waals surface area contributed by atoms with Gasteiger partial charge in [-0.1, -0.05) is 42.5 Å². The van der Waals surface area contributed by atoms with Gasteiger partial charge in [-0.3, -0.25) is 9.69 Å². The van der Waals surface area contributed by atoms with Crippen molar-refractivity contribution in [3.8, 4) is 11.3 Å². The minimum absolute atomic E-state index is 0.130. The summed E-state index contributed by atoms with van der Waals surface area (Å²) in [5, 5.41) is 5.24. The number of morpholine rings is 1. The van der Waals surface area contributed by atoms with Crippen LogP contribution in [0.25, 0.3) is 22.3 Å². The first-order valence-corrected chi connectivity index (χ1v) is 13.2. The van der Waals surface area contributed by atoms with E-state index < -0.39 is 0 Å². The van der Waals surface area contributed by atoms with E-state index in [0.717, 1.165) is 5.56 Å². The molecule has 0 bridgehead atoms. The maximum absolute atomic E-state index is 15.0. The summed E-state index contributed by atoms with van der Waals surface area (Å²) >= 11 is 0. The van der Waals surface area contributed by atoms with Gasteiger partial charge in [0.2, 0.25) is 11.9 Å². The summed E-state index contributed by atoms with van der Waals surface area (Å²) in [6, 6.07) is 16.4. The van der Waals surface area contributed by atoms with E-state index in [4.69, 9.17) is 25.5 Å². The zero-order chi connectivity index (χ0) is 26.8. The maximum Gasteiger partial charge on any atom is 0.236 e. The number of nitrogen functional groups attached to an aromatic ring is 1. The van der Waals surface area contributed by atoms with Crippen LogP contribution in [0, 0.1) is 5.82 Å². The van der Waals surface area contributed by atoms with Crippen molar-refractivity contribution in [2.75, 3.05) is 69.7 Å². The SMILES string of the molecule is Nc1c2c(-c3ccccc3F)nc(N3CCN(CC(=O)N4CCOCC4)CC3)nc2nn1Cc1ccccc1. The van der Waals surface area contributed by atoms with Crippen LogP contribution in [0.5, 0.6) is 0 Å². The van der Waals surface area contributed by atoms with Gasteiger partial charge < -0.3 is 20.3 Å². The van der Waals surface area contributed by atoms with E-state index in [1.165, 1.54) is 6.07 Å². The molecule has 202 valence electrons. The quantitative estimate of drug-likeness (QED) is 0.405. The highest BCUT2D eigenvalue weighted by Crippen LogP contribution is 2.34. The topological polar surface area (TPSA) is 106 Å². The molecule has 39 heavy (non-hydrogen) atoms. The summed E-state index contributed by atoms with van der Waals surface area (Å²) in [6.45, 7) is 5.98. The molecule has 2 N–H and O–H groups in total. The van der Waals surface area contributed by atoms with E-state index in [1.807, 2.05) is 35.2 Å². The normalized spacial score (nSPS) is 16.6. The van der Waals surface area contributed by atoms with Crippen molar-refractivity contribution in [2.24, 2.45) is 0 Å². The van der Waals surface area contributed by atoms with Gasteiger partial charge in [-0.2, -0.15) is 4.98 Å². The fraction of sp³-hybridized carbons (Fsp3) is 0.357. The number of piperazine rings is 1. The molecule has 2 aliphatic heterocycles. The van der Waals surface area contributed by atoms with Crippen LogP contribution in [0.4, 0.5) is 16.2 Å². The van der Waals surface area contributed by atoms with Gasteiger partial charge in [0.1, 0.15) is 11.6 Å². The van der Waals surface area contributed by atoms with Crippen LogP contribution >= 0.6 is 0 Å². The first kappa shape index (κ1) is 25.2. The van der Waals surface area contributed by atoms with Crippen molar-refractivity contribution in [3.05, 3.63) is 66.0 Å². The second-order valence-corrected chi connectivity index (χ2v) is 9.84. The van der Waals surface area contributed by atoms with E-state index in [1.54, 1.807) is 22.9 Å². The predicted octanol–water partition coefficient (Wildman–Crippen LogP) is 2.24. The number of fused-ring (bicyclic) bond motifs is 1. The third-order valence-corrected chi connectivity index (χ3v) is 7.31. The van der Waals surface area contributed by atoms with Gasteiger partial charge >= 0.3 is 0 Å². The number of amides is 1. The Morgan fingerprint density at radius 2 is 1.64 bits per heavy atom. The number of rotatable bonds is 6. The van der Waals surface area contributed by atoms with E-state index >= 15 is 0 Å². The zero-order valence-corrected chi connectivity index (χ0v) is 21.7. The molecular weight excluding hydrogens is 499 g/mol. The molecule has 2 aromatic carbocycles. The van der Waals surface area contributed by atoms with Gasteiger partial charge in [0.25, 0.3) is 0 Å². The fourth-order valence-corrected chi connectivity index (χ4v) is 5.12. The Hall–Kier alpha value is -4.09. The third-order valence-electron chi connectivity index (χ3n) is 7.31. The Morgan fingerprint density at radius 3 is 2.38 bits per heavy atom. The van der Waals surface area contributed by atoms with Crippen molar-refractivity contribution < 1.29 is 13.9 Å². The van der Waals surface area contributed by atoms with Crippen molar-refractivity contribution in [3.63, 3.8) is 0 Å². The average molecular weight is 531 g/mol. The Kier molecular flexibility index (Phi) is 7.08. The summed E-state index contributed by atoms with van der Waals surface area (Å²) < 4.78 is 22.0. The molecule has 1 amide bonds. The fourth-order valence-electron chi connectivity index (χ4n) is 5.12. The largest absolute Gasteiger partial charge is 0.383 e. The lowest BCUT2D eigenvalue weighted by Crippen LogP contribution is -2.51. The highest BCUT2D eigenvalue weighted by molar-refractivity contribution is 5.99. The molecule has 2 aliphatic rings. The Morgan fingerprint density at radius 1 is 0.923 bits per heavy atom. The molecule has 0 aliphatic carbocycles. The Labute approximate surface area is 225 Å². The highest BCUT2D eigenvalue weighted by Gasteiger charge is 2.26. The van der Waals surface area contributed by atoms with Crippen LogP contribution in [0.1, 0.15) is 5.56 Å². The molecule has 4 aromatic rings. The van der Waals surface area contributed by atoms with E-state index in [2.05, 4.69) is 9.80 Å². The summed E-state index contributed by atoms with van der Waals surface area (Å²) in [4.78, 5) is 28.4. The van der Waals surface area contributed by atoms with Crippen molar-refractivity contribution in [1.82, 2.24) is 29.5 Å². The van der Waals surface area contributed by atoms with Crippen molar-refractivity contribution in [2.45, 2.75) is 6.54 Å². The summed E-state index contributed by atoms with van der Waals surface area (Å²) in [5.41, 5.74) is 8.81. The highest BCUT2D eigenvalue weighted by atomic mass is 19.1. The monoisotopic (exact) mass is 530 g/mol. The van der Waals surface area contributed by atoms with Crippen LogP contribution in [-0.4, -0.2) is 94.5 Å². The number of benzene rings is 2. The number of anilines is 2. The number of hydrogen-bond acceptors (Lipinski definition) is 8. The Balaban J connectivity index is 1.28. The lowest BCUT2D eigenvalue weighted by molar-refractivity contribution is -0.136. The van der Waals surface area contributed by atoms with Gasteiger partial charge in [0.05, 0.1) is 37.4 Å². The van der Waals surface area contributed by atoms with Crippen LogP contribution in [0.15, 0.2) is 54.6 Å². The van der Waals surface area contributed by atoms with Gasteiger partial charge in [0.15, 0.2) is 5.65 Å². The van der Waals surface area contributed by atoms with Crippen LogP contribution in [-0.2, 0) is 16.1 Å². The first-order valence-electron chi connectivity index (χ1n) is 13.2. The molecule has 6 rings (SSSR count). The van der Waals surface area contributed by atoms with Gasteiger partial charge in [-0.15, -0.1) is 5.10 Å². The predicted molar refractivity (Wildman–Crippen MR) is 147 cm³/mol. The minimum Gasteiger partial charge on any atom is -0.383 e. The van der Waals surface area contributed by atoms with Crippen LogP contribution < -0.4 is 10.6 Å². The third kappa shape index (κ3) is 5.27. The lowest BCUT2D eigenvalue weighted by atomic mass is 10.1. The van der Waals surface area contributed by atoms with E-state index in [-0.39, 0.29) is 11.7 Å². The lowest BCUT2D eigenvalue weighted by Gasteiger charge is -2.36. The number of nitrogens with zero attached hydrogens (tertiary/aromatic N) is 7. The Bertz CT molecular complexity index is 1460. The number of ether oxygens (including phenoxy) is 1. The molecule has 2 fully saturated rings. The summed E-state index contributed by atoms with van der Waals surface area (Å²) in [6.07, 6.45) is 0. The molecule has 2 aromatic heterocycles. The number of nitrogens with two attached hydrogens (primary N) is 1. The molecule has 0 radical (unpaired) electrons. The van der Waals surface area contributed by atoms with Gasteiger partial charge in [-0.25, -0.2) is 14.1 Å². The standard InChI is InChI=1S/C28H31FN8O2/c29-22-9-5-4-8-21(22)25-24-26(30)37(18-20-6-2-1-3-7-20)33-27(24)32-28(31-25)36-12-10-34(11-13-36)19-23(38)35-14-16-39-17-15-35/h1-9H,10-19,30H2. The average Bonchev–Trinajstić information content (AvgIpc) is 3.29. The molecule has 10 nitrogen and oxygen atoms in total. The number of aromatic nitrogens is 4. The van der Waals surface area contributed by atoms with Crippen LogP contribution in [0.3, 0.4) is 0 Å². The van der Waals surface area contributed by atoms with E-state index in [0.29, 0.717) is 99.6 Å². The van der Waals surface area contributed by atoms with Crippen LogP contribution in [0.2, 0.25) is 0 Å². The zero-order valence-electron chi connectivity index (χ0n) is 21.7. The second kappa shape index (κ2) is 11.0. The molecule has 0 atom stereocenters. The number of carbonyl (C=O) groups excluding carboxylic acids is 1. The first-order chi connectivity index (χ1) is 19.1.